The fraction of sp³-hybridized carbons (Fsp3) is 0.278. The number of benzene rings is 2. The quantitative estimate of drug-likeness (QED) is 0.748. The van der Waals surface area contributed by atoms with Crippen molar-refractivity contribution in [3.63, 3.8) is 0 Å². The fourth-order valence-electron chi connectivity index (χ4n) is 2.23. The van der Waals surface area contributed by atoms with Crippen LogP contribution in [0.15, 0.2) is 34.8 Å². The zero-order chi connectivity index (χ0) is 17.1. The summed E-state index contributed by atoms with van der Waals surface area (Å²) in [4.78, 5) is 12.3. The van der Waals surface area contributed by atoms with E-state index in [0.717, 1.165) is 26.9 Å². The summed E-state index contributed by atoms with van der Waals surface area (Å²) in [5.41, 5.74) is 3.59. The first-order valence-electron chi connectivity index (χ1n) is 7.28. The Bertz CT molecular complexity index is 723. The summed E-state index contributed by atoms with van der Waals surface area (Å²) in [6, 6.07) is 9.35. The van der Waals surface area contributed by atoms with Crippen LogP contribution in [0.5, 0.6) is 5.75 Å². The standard InChI is InChI=1S/C18H19BrClNO2/c1-10-5-6-15(9-16(10)20)21-18(22)13(4)23-17-11(2)7-14(19)8-12(17)3/h5-9,13H,1-4H3,(H,21,22). The minimum atomic E-state index is -0.617. The molecular formula is C18H19BrClNO2. The van der Waals surface area contributed by atoms with Gasteiger partial charge in [-0.2, -0.15) is 0 Å². The van der Waals surface area contributed by atoms with Crippen LogP contribution in [0.2, 0.25) is 5.02 Å². The number of hydrogen-bond acceptors (Lipinski definition) is 2. The van der Waals surface area contributed by atoms with E-state index < -0.39 is 6.10 Å². The first-order chi connectivity index (χ1) is 10.8. The molecule has 1 N–H and O–H groups in total. The third-order valence-corrected chi connectivity index (χ3v) is 4.39. The highest BCUT2D eigenvalue weighted by molar-refractivity contribution is 9.10. The molecule has 2 rings (SSSR count). The molecule has 0 fully saturated rings. The normalized spacial score (nSPS) is 11.9. The summed E-state index contributed by atoms with van der Waals surface area (Å²) in [6.45, 7) is 7.56. The van der Waals surface area contributed by atoms with Crippen molar-refractivity contribution in [1.29, 1.82) is 0 Å². The predicted octanol–water partition coefficient (Wildman–Crippen LogP) is 5.43. The van der Waals surface area contributed by atoms with Crippen LogP contribution in [0.25, 0.3) is 0 Å². The number of nitrogens with one attached hydrogen (secondary N) is 1. The zero-order valence-electron chi connectivity index (χ0n) is 13.5. The van der Waals surface area contributed by atoms with Crippen LogP contribution < -0.4 is 10.1 Å². The second kappa shape index (κ2) is 7.37. The maximum atomic E-state index is 12.3. The number of aryl methyl sites for hydroxylation is 3. The van der Waals surface area contributed by atoms with Crippen LogP contribution >= 0.6 is 27.5 Å². The van der Waals surface area contributed by atoms with Crippen molar-refractivity contribution < 1.29 is 9.53 Å². The Labute approximate surface area is 150 Å². The molecule has 0 aromatic heterocycles. The number of amides is 1. The molecule has 122 valence electrons. The van der Waals surface area contributed by atoms with E-state index in [1.807, 2.05) is 45.0 Å². The molecule has 5 heteroatoms. The summed E-state index contributed by atoms with van der Waals surface area (Å²) >= 11 is 9.53. The van der Waals surface area contributed by atoms with Gasteiger partial charge in [-0.1, -0.05) is 33.6 Å². The predicted molar refractivity (Wildman–Crippen MR) is 98.5 cm³/mol. The van der Waals surface area contributed by atoms with E-state index in [2.05, 4.69) is 21.2 Å². The topological polar surface area (TPSA) is 38.3 Å². The minimum absolute atomic E-state index is 0.216. The molecule has 0 bridgehead atoms. The summed E-state index contributed by atoms with van der Waals surface area (Å²) in [7, 11) is 0. The number of halogens is 2. The lowest BCUT2D eigenvalue weighted by molar-refractivity contribution is -0.122. The highest BCUT2D eigenvalue weighted by Gasteiger charge is 2.17. The monoisotopic (exact) mass is 395 g/mol. The third-order valence-electron chi connectivity index (χ3n) is 3.53. The lowest BCUT2D eigenvalue weighted by atomic mass is 10.1. The summed E-state index contributed by atoms with van der Waals surface area (Å²) in [5, 5.41) is 3.44. The van der Waals surface area contributed by atoms with Crippen LogP contribution in [0.1, 0.15) is 23.6 Å². The van der Waals surface area contributed by atoms with E-state index in [-0.39, 0.29) is 5.91 Å². The molecule has 2 aromatic carbocycles. The smallest absolute Gasteiger partial charge is 0.265 e. The van der Waals surface area contributed by atoms with Crippen LogP contribution in [0, 0.1) is 20.8 Å². The Morgan fingerprint density at radius 1 is 1.13 bits per heavy atom. The molecule has 3 nitrogen and oxygen atoms in total. The second-order valence-electron chi connectivity index (χ2n) is 5.58. The van der Waals surface area contributed by atoms with Gasteiger partial charge in [0.05, 0.1) is 0 Å². The zero-order valence-corrected chi connectivity index (χ0v) is 15.9. The molecule has 1 atom stereocenters. The second-order valence-corrected chi connectivity index (χ2v) is 6.90. The van der Waals surface area contributed by atoms with Crippen molar-refractivity contribution in [2.75, 3.05) is 5.32 Å². The fourth-order valence-corrected chi connectivity index (χ4v) is 3.10. The van der Waals surface area contributed by atoms with Crippen LogP contribution in [0.3, 0.4) is 0 Å². The van der Waals surface area contributed by atoms with Crippen molar-refractivity contribution in [3.8, 4) is 5.75 Å². The molecule has 1 amide bonds. The Hall–Kier alpha value is -1.52. The Morgan fingerprint density at radius 3 is 2.30 bits per heavy atom. The molecule has 23 heavy (non-hydrogen) atoms. The van der Waals surface area contributed by atoms with E-state index in [9.17, 15) is 4.79 Å². The Balaban J connectivity index is 2.10. The van der Waals surface area contributed by atoms with E-state index >= 15 is 0 Å². The maximum Gasteiger partial charge on any atom is 0.265 e. The summed E-state index contributed by atoms with van der Waals surface area (Å²) in [5.74, 6) is 0.518. The van der Waals surface area contributed by atoms with Gasteiger partial charge in [0.2, 0.25) is 0 Å². The number of carbonyl (C=O) groups is 1. The number of carbonyl (C=O) groups excluding carboxylic acids is 1. The van der Waals surface area contributed by atoms with Crippen LogP contribution in [-0.2, 0) is 4.79 Å². The molecule has 0 heterocycles. The van der Waals surface area contributed by atoms with Gasteiger partial charge in [0.15, 0.2) is 6.10 Å². The van der Waals surface area contributed by atoms with Gasteiger partial charge in [0.1, 0.15) is 5.75 Å². The SMILES string of the molecule is Cc1ccc(NC(=O)C(C)Oc2c(C)cc(Br)cc2C)cc1Cl. The average Bonchev–Trinajstić information content (AvgIpc) is 2.46. The molecule has 0 aliphatic carbocycles. The van der Waals surface area contributed by atoms with Gasteiger partial charge in [0.25, 0.3) is 5.91 Å². The number of hydrogen-bond donors (Lipinski definition) is 1. The van der Waals surface area contributed by atoms with E-state index in [0.29, 0.717) is 10.7 Å². The average molecular weight is 397 g/mol. The summed E-state index contributed by atoms with van der Waals surface area (Å²) in [6.07, 6.45) is -0.617. The first kappa shape index (κ1) is 17.8. The Morgan fingerprint density at radius 2 is 1.74 bits per heavy atom. The molecule has 0 aliphatic rings. The van der Waals surface area contributed by atoms with Crippen molar-refractivity contribution in [2.45, 2.75) is 33.8 Å². The van der Waals surface area contributed by atoms with Gasteiger partial charge in [-0.3, -0.25) is 4.79 Å². The van der Waals surface area contributed by atoms with E-state index in [1.54, 1.807) is 13.0 Å². The first-order valence-corrected chi connectivity index (χ1v) is 8.45. The lowest BCUT2D eigenvalue weighted by Gasteiger charge is -2.18. The molecular weight excluding hydrogens is 378 g/mol. The van der Waals surface area contributed by atoms with Gasteiger partial charge in [-0.05, 0) is 68.7 Å². The van der Waals surface area contributed by atoms with E-state index in [1.165, 1.54) is 0 Å². The van der Waals surface area contributed by atoms with Crippen LogP contribution in [-0.4, -0.2) is 12.0 Å². The number of anilines is 1. The van der Waals surface area contributed by atoms with Crippen molar-refractivity contribution >= 4 is 39.1 Å². The van der Waals surface area contributed by atoms with Gasteiger partial charge < -0.3 is 10.1 Å². The number of ether oxygens (including phenoxy) is 1. The van der Waals surface area contributed by atoms with Gasteiger partial charge in [0, 0.05) is 15.2 Å². The van der Waals surface area contributed by atoms with Crippen molar-refractivity contribution in [2.24, 2.45) is 0 Å². The van der Waals surface area contributed by atoms with Crippen molar-refractivity contribution in [3.05, 3.63) is 56.5 Å². The molecule has 0 radical (unpaired) electrons. The molecule has 0 spiro atoms. The van der Waals surface area contributed by atoms with E-state index in [4.69, 9.17) is 16.3 Å². The molecule has 0 saturated heterocycles. The molecule has 0 aliphatic heterocycles. The van der Waals surface area contributed by atoms with Gasteiger partial charge in [-0.25, -0.2) is 0 Å². The Kier molecular flexibility index (Phi) is 5.71. The third kappa shape index (κ3) is 4.49. The molecule has 2 aromatic rings. The van der Waals surface area contributed by atoms with Gasteiger partial charge >= 0.3 is 0 Å². The highest BCUT2D eigenvalue weighted by Crippen LogP contribution is 2.28. The maximum absolute atomic E-state index is 12.3. The van der Waals surface area contributed by atoms with Crippen molar-refractivity contribution in [1.82, 2.24) is 0 Å². The van der Waals surface area contributed by atoms with Gasteiger partial charge in [-0.15, -0.1) is 0 Å². The number of rotatable bonds is 4. The highest BCUT2D eigenvalue weighted by atomic mass is 79.9. The lowest BCUT2D eigenvalue weighted by Crippen LogP contribution is -2.30. The summed E-state index contributed by atoms with van der Waals surface area (Å²) < 4.78 is 6.84. The largest absolute Gasteiger partial charge is 0.480 e. The van der Waals surface area contributed by atoms with Crippen LogP contribution in [0.4, 0.5) is 5.69 Å². The molecule has 1 unspecified atom stereocenters. The molecule has 0 saturated carbocycles. The minimum Gasteiger partial charge on any atom is -0.480 e.